The van der Waals surface area contributed by atoms with Crippen molar-refractivity contribution in [1.82, 2.24) is 5.32 Å². The topological polar surface area (TPSA) is 29.1 Å². The third kappa shape index (κ3) is 2.14. The molecule has 0 saturated heterocycles. The Labute approximate surface area is 55.6 Å². The molecule has 0 bridgehead atoms. The lowest BCUT2D eigenvalue weighted by Crippen LogP contribution is -2.27. The summed E-state index contributed by atoms with van der Waals surface area (Å²) in [5.74, 6) is 0. The quantitative estimate of drug-likeness (QED) is 0.601. The molecule has 0 unspecified atom stereocenters. The van der Waals surface area contributed by atoms with Crippen LogP contribution in [0.25, 0.3) is 0 Å². The Morgan fingerprint density at radius 1 is 1.44 bits per heavy atom. The van der Waals surface area contributed by atoms with Crippen LogP contribution in [-0.4, -0.2) is 18.9 Å². The molecule has 1 radical (unpaired) electrons. The maximum Gasteiger partial charge on any atom is 0.213 e. The molecule has 0 aromatic heterocycles. The summed E-state index contributed by atoms with van der Waals surface area (Å²) >= 11 is 0. The Hall–Kier alpha value is -0.370. The third-order valence-electron chi connectivity index (χ3n) is 1.82. The van der Waals surface area contributed by atoms with Gasteiger partial charge in [-0.1, -0.05) is 12.8 Å². The van der Waals surface area contributed by atoms with Crippen LogP contribution < -0.4 is 5.32 Å². The van der Waals surface area contributed by atoms with Gasteiger partial charge in [-0.2, -0.15) is 0 Å². The Bertz CT molecular complexity index is 86.9. The molecule has 1 aliphatic carbocycles. The highest BCUT2D eigenvalue weighted by atomic mass is 16.1. The van der Waals surface area contributed by atoms with E-state index >= 15 is 0 Å². The summed E-state index contributed by atoms with van der Waals surface area (Å²) < 4.78 is 0. The van der Waals surface area contributed by atoms with Crippen molar-refractivity contribution in [2.75, 3.05) is 6.54 Å². The highest BCUT2D eigenvalue weighted by molar-refractivity contribution is 5.52. The SMILES string of the molecule is O=[C]CNC1CCCC1. The van der Waals surface area contributed by atoms with E-state index in [9.17, 15) is 4.79 Å². The van der Waals surface area contributed by atoms with Crippen molar-refractivity contribution < 1.29 is 4.79 Å². The van der Waals surface area contributed by atoms with E-state index in [0.29, 0.717) is 12.6 Å². The fourth-order valence-corrected chi connectivity index (χ4v) is 1.32. The van der Waals surface area contributed by atoms with Crippen molar-refractivity contribution >= 4 is 6.29 Å². The molecule has 9 heavy (non-hydrogen) atoms. The summed E-state index contributed by atoms with van der Waals surface area (Å²) in [5, 5.41) is 3.11. The van der Waals surface area contributed by atoms with Crippen molar-refractivity contribution in [2.45, 2.75) is 31.7 Å². The molecule has 51 valence electrons. The Morgan fingerprint density at radius 3 is 2.67 bits per heavy atom. The average molecular weight is 126 g/mol. The molecule has 0 spiro atoms. The average Bonchev–Trinajstić information content (AvgIpc) is 2.34. The van der Waals surface area contributed by atoms with Gasteiger partial charge in [0.25, 0.3) is 0 Å². The van der Waals surface area contributed by atoms with E-state index in [2.05, 4.69) is 5.32 Å². The van der Waals surface area contributed by atoms with Gasteiger partial charge < -0.3 is 5.32 Å². The van der Waals surface area contributed by atoms with E-state index < -0.39 is 0 Å². The van der Waals surface area contributed by atoms with Gasteiger partial charge in [-0.25, -0.2) is 0 Å². The van der Waals surface area contributed by atoms with Gasteiger partial charge in [-0.05, 0) is 12.8 Å². The van der Waals surface area contributed by atoms with Gasteiger partial charge in [0.05, 0.1) is 6.54 Å². The summed E-state index contributed by atoms with van der Waals surface area (Å²) in [7, 11) is 0. The Balaban J connectivity index is 2.04. The lowest BCUT2D eigenvalue weighted by molar-refractivity contribution is 0.522. The lowest BCUT2D eigenvalue weighted by Gasteiger charge is -2.06. The van der Waals surface area contributed by atoms with Crippen molar-refractivity contribution in [1.29, 1.82) is 0 Å². The van der Waals surface area contributed by atoms with Gasteiger partial charge in [-0.15, -0.1) is 0 Å². The fraction of sp³-hybridized carbons (Fsp3) is 0.857. The maximum atomic E-state index is 9.77. The Morgan fingerprint density at radius 2 is 2.11 bits per heavy atom. The zero-order valence-corrected chi connectivity index (χ0v) is 5.52. The second-order valence-corrected chi connectivity index (χ2v) is 2.51. The molecule has 0 atom stereocenters. The number of nitrogens with one attached hydrogen (secondary N) is 1. The highest BCUT2D eigenvalue weighted by Gasteiger charge is 2.12. The number of hydrogen-bond acceptors (Lipinski definition) is 2. The number of hydrogen-bond donors (Lipinski definition) is 1. The summed E-state index contributed by atoms with van der Waals surface area (Å²) in [6.07, 6.45) is 6.94. The molecular formula is C7H12NO. The summed E-state index contributed by atoms with van der Waals surface area (Å²) in [6, 6.07) is 0.603. The minimum atomic E-state index is 0.407. The molecule has 0 amide bonds. The lowest BCUT2D eigenvalue weighted by atomic mass is 10.2. The maximum absolute atomic E-state index is 9.77. The van der Waals surface area contributed by atoms with Crippen LogP contribution in [0.4, 0.5) is 0 Å². The van der Waals surface area contributed by atoms with Crippen molar-refractivity contribution in [3.05, 3.63) is 0 Å². The van der Waals surface area contributed by atoms with Crippen LogP contribution in [0.15, 0.2) is 0 Å². The Kier molecular flexibility index (Phi) is 2.71. The van der Waals surface area contributed by atoms with Crippen molar-refractivity contribution in [3.63, 3.8) is 0 Å². The number of rotatable bonds is 3. The van der Waals surface area contributed by atoms with Gasteiger partial charge >= 0.3 is 0 Å². The molecule has 1 rings (SSSR count). The number of carbonyl (C=O) groups excluding carboxylic acids is 1. The molecule has 1 N–H and O–H groups in total. The zero-order valence-electron chi connectivity index (χ0n) is 5.52. The van der Waals surface area contributed by atoms with Gasteiger partial charge in [0.2, 0.25) is 6.29 Å². The van der Waals surface area contributed by atoms with E-state index in [1.165, 1.54) is 25.7 Å². The van der Waals surface area contributed by atoms with Crippen molar-refractivity contribution in [3.8, 4) is 0 Å². The van der Waals surface area contributed by atoms with Crippen molar-refractivity contribution in [2.24, 2.45) is 0 Å². The van der Waals surface area contributed by atoms with Crippen LogP contribution in [-0.2, 0) is 4.79 Å². The van der Waals surface area contributed by atoms with Gasteiger partial charge in [0.15, 0.2) is 0 Å². The van der Waals surface area contributed by atoms with E-state index in [-0.39, 0.29) is 0 Å². The van der Waals surface area contributed by atoms with E-state index in [1.54, 1.807) is 0 Å². The molecule has 1 saturated carbocycles. The van der Waals surface area contributed by atoms with E-state index in [4.69, 9.17) is 0 Å². The fourth-order valence-electron chi connectivity index (χ4n) is 1.32. The monoisotopic (exact) mass is 126 g/mol. The first kappa shape index (κ1) is 6.75. The smallest absolute Gasteiger partial charge is 0.213 e. The molecule has 2 nitrogen and oxygen atoms in total. The van der Waals surface area contributed by atoms with E-state index in [1.807, 2.05) is 6.29 Å². The normalized spacial score (nSPS) is 20.4. The first-order valence-corrected chi connectivity index (χ1v) is 3.52. The standard InChI is InChI=1S/C7H12NO/c9-6-5-8-7-3-1-2-4-7/h7-8H,1-5H2. The highest BCUT2D eigenvalue weighted by Crippen LogP contribution is 2.16. The largest absolute Gasteiger partial charge is 0.307 e. The molecule has 1 fully saturated rings. The van der Waals surface area contributed by atoms with Crippen LogP contribution in [0.2, 0.25) is 0 Å². The third-order valence-corrected chi connectivity index (χ3v) is 1.82. The van der Waals surface area contributed by atoms with Crippen LogP contribution in [0.1, 0.15) is 25.7 Å². The molecule has 1 aliphatic rings. The first-order chi connectivity index (χ1) is 4.43. The summed E-state index contributed by atoms with van der Waals surface area (Å²) in [5.41, 5.74) is 0. The van der Waals surface area contributed by atoms with Crippen LogP contribution in [0.3, 0.4) is 0 Å². The predicted molar refractivity (Wildman–Crippen MR) is 36.0 cm³/mol. The second kappa shape index (κ2) is 3.62. The molecular weight excluding hydrogens is 114 g/mol. The summed E-state index contributed by atoms with van der Waals surface area (Å²) in [4.78, 5) is 9.77. The first-order valence-electron chi connectivity index (χ1n) is 3.52. The van der Waals surface area contributed by atoms with E-state index in [0.717, 1.165) is 0 Å². The van der Waals surface area contributed by atoms with Gasteiger partial charge in [0, 0.05) is 6.04 Å². The molecule has 0 aliphatic heterocycles. The molecule has 0 aromatic rings. The summed E-state index contributed by atoms with van der Waals surface area (Å²) in [6.45, 7) is 0.407. The molecule has 0 heterocycles. The zero-order chi connectivity index (χ0) is 6.53. The predicted octanol–water partition coefficient (Wildman–Crippen LogP) is 0.628. The van der Waals surface area contributed by atoms with Crippen LogP contribution in [0.5, 0.6) is 0 Å². The van der Waals surface area contributed by atoms with Gasteiger partial charge in [-0.3, -0.25) is 4.79 Å². The molecule has 0 aromatic carbocycles. The van der Waals surface area contributed by atoms with Gasteiger partial charge in [0.1, 0.15) is 0 Å². The van der Waals surface area contributed by atoms with Crippen LogP contribution in [0, 0.1) is 0 Å². The minimum Gasteiger partial charge on any atom is -0.307 e. The molecule has 2 heteroatoms. The van der Waals surface area contributed by atoms with Crippen LogP contribution >= 0.6 is 0 Å². The second-order valence-electron chi connectivity index (χ2n) is 2.51. The minimum absolute atomic E-state index is 0.407.